The molecule has 4 aromatic rings. The van der Waals surface area contributed by atoms with Crippen molar-refractivity contribution < 1.29 is 9.36 Å². The molecule has 0 saturated carbocycles. The summed E-state index contributed by atoms with van der Waals surface area (Å²) < 4.78 is 14.8. The Morgan fingerprint density at radius 2 is 1.24 bits per heavy atom. The molecule has 0 spiro atoms. The normalized spacial score (nSPS) is 17.8. The predicted octanol–water partition coefficient (Wildman–Crippen LogP) is 5.60. The van der Waals surface area contributed by atoms with Gasteiger partial charge in [-0.1, -0.05) is 109 Å². The van der Waals surface area contributed by atoms with E-state index in [1.54, 1.807) is 4.90 Å². The zero-order valence-corrected chi connectivity index (χ0v) is 19.7. The zero-order valence-electron chi connectivity index (χ0n) is 18.8. The molecule has 0 saturated heterocycles. The number of fused-ring (bicyclic) bond motifs is 1. The lowest BCUT2D eigenvalue weighted by Gasteiger charge is -2.29. The Morgan fingerprint density at radius 3 is 1.79 bits per heavy atom. The molecule has 1 aliphatic heterocycles. The Labute approximate surface area is 195 Å². The number of benzene rings is 4. The first-order valence-corrected chi connectivity index (χ1v) is 13.0. The maximum atomic E-state index is 14.8. The summed E-state index contributed by atoms with van der Waals surface area (Å²) in [5.74, 6) is -0.0204. The number of rotatable bonds is 5. The fourth-order valence-corrected chi connectivity index (χ4v) is 8.22. The Kier molecular flexibility index (Phi) is 5.31. The van der Waals surface area contributed by atoms with Gasteiger partial charge in [0.2, 0.25) is 5.91 Å². The highest BCUT2D eigenvalue weighted by molar-refractivity contribution is 7.78. The fourth-order valence-electron chi connectivity index (χ4n) is 5.06. The van der Waals surface area contributed by atoms with Crippen molar-refractivity contribution in [3.8, 4) is 11.1 Å². The van der Waals surface area contributed by atoms with Gasteiger partial charge in [-0.05, 0) is 18.1 Å². The van der Waals surface area contributed by atoms with Crippen LogP contribution in [-0.4, -0.2) is 19.1 Å². The molecule has 4 heteroatoms. The zero-order chi connectivity index (χ0) is 23.1. The van der Waals surface area contributed by atoms with Crippen molar-refractivity contribution in [3.63, 3.8) is 0 Å². The number of carbonyl (C=O) groups excluding carboxylic acids is 1. The van der Waals surface area contributed by atoms with Crippen LogP contribution in [-0.2, 0) is 14.8 Å². The van der Waals surface area contributed by atoms with Gasteiger partial charge in [0.1, 0.15) is 7.14 Å². The number of amides is 1. The highest BCUT2D eigenvalue weighted by atomic mass is 31.2. The Hall–Kier alpha value is -3.42. The van der Waals surface area contributed by atoms with E-state index in [1.165, 1.54) is 0 Å². The molecule has 33 heavy (non-hydrogen) atoms. The van der Waals surface area contributed by atoms with Crippen LogP contribution in [0.1, 0.15) is 12.5 Å². The summed E-state index contributed by atoms with van der Waals surface area (Å²) in [4.78, 5) is 15.6. The average molecular weight is 452 g/mol. The molecular formula is C29H26NO2P. The van der Waals surface area contributed by atoms with Crippen LogP contribution < -0.4 is 15.5 Å². The van der Waals surface area contributed by atoms with E-state index in [2.05, 4.69) is 18.2 Å². The van der Waals surface area contributed by atoms with Crippen molar-refractivity contribution in [1.82, 2.24) is 0 Å². The van der Waals surface area contributed by atoms with Crippen molar-refractivity contribution >= 4 is 29.3 Å². The molecule has 5 rings (SSSR count). The van der Waals surface area contributed by atoms with E-state index in [4.69, 9.17) is 0 Å². The first-order valence-electron chi connectivity index (χ1n) is 11.1. The summed E-state index contributed by atoms with van der Waals surface area (Å²) in [6.45, 7) is 1.95. The molecule has 1 amide bonds. The van der Waals surface area contributed by atoms with Gasteiger partial charge in [0.05, 0.1) is 11.1 Å². The molecule has 3 nitrogen and oxygen atoms in total. The van der Waals surface area contributed by atoms with Crippen LogP contribution in [0.2, 0.25) is 0 Å². The second kappa shape index (κ2) is 8.17. The van der Waals surface area contributed by atoms with Crippen molar-refractivity contribution in [2.75, 3.05) is 18.1 Å². The quantitative estimate of drug-likeness (QED) is 0.370. The molecule has 0 radical (unpaired) electrons. The maximum absolute atomic E-state index is 14.8. The van der Waals surface area contributed by atoms with E-state index in [9.17, 15) is 9.36 Å². The summed E-state index contributed by atoms with van der Waals surface area (Å²) in [6.07, 6.45) is 0.239. The van der Waals surface area contributed by atoms with Gasteiger partial charge in [-0.3, -0.25) is 4.79 Å². The number of nitrogens with zero attached hydrogens (tertiary/aromatic N) is 1. The standard InChI is InChI=1S/C29H26NO2P/c1-29(21-33(32,23-15-8-4-9-16-23)24-17-10-5-11-18-24)26-20-12-19-25(22-13-6-3-7-14-22)27(26)30(2)28(29)31/h3-20H,21H2,1-2H3. The smallest absolute Gasteiger partial charge is 0.237 e. The molecule has 1 aliphatic rings. The van der Waals surface area contributed by atoms with Gasteiger partial charge in [0.25, 0.3) is 0 Å². The maximum Gasteiger partial charge on any atom is 0.237 e. The number of anilines is 1. The van der Waals surface area contributed by atoms with Crippen LogP contribution in [0.5, 0.6) is 0 Å². The lowest BCUT2D eigenvalue weighted by Crippen LogP contribution is -2.41. The third-order valence-electron chi connectivity index (χ3n) is 6.71. The molecule has 0 bridgehead atoms. The molecule has 1 heterocycles. The van der Waals surface area contributed by atoms with Crippen molar-refractivity contribution in [3.05, 3.63) is 115 Å². The molecule has 0 aliphatic carbocycles. The highest BCUT2D eigenvalue weighted by Gasteiger charge is 2.51. The van der Waals surface area contributed by atoms with Gasteiger partial charge in [-0.15, -0.1) is 0 Å². The predicted molar refractivity (Wildman–Crippen MR) is 137 cm³/mol. The molecule has 164 valence electrons. The molecule has 0 aromatic heterocycles. The number of likely N-dealkylation sites (N-methyl/N-ethyl adjacent to an activating group) is 1. The van der Waals surface area contributed by atoms with Crippen LogP contribution in [0.25, 0.3) is 11.1 Å². The molecular weight excluding hydrogens is 425 g/mol. The molecule has 1 atom stereocenters. The number of carbonyl (C=O) groups is 1. The van der Waals surface area contributed by atoms with Crippen LogP contribution in [0.15, 0.2) is 109 Å². The third-order valence-corrected chi connectivity index (χ3v) is 10.1. The monoisotopic (exact) mass is 451 g/mol. The summed E-state index contributed by atoms with van der Waals surface area (Å²) in [6, 6.07) is 35.4. The van der Waals surface area contributed by atoms with Crippen molar-refractivity contribution in [2.24, 2.45) is 0 Å². The summed E-state index contributed by atoms with van der Waals surface area (Å²) in [5.41, 5.74) is 3.01. The Balaban J connectivity index is 1.69. The van der Waals surface area contributed by atoms with E-state index in [-0.39, 0.29) is 12.1 Å². The van der Waals surface area contributed by atoms with Gasteiger partial charge >= 0.3 is 0 Å². The molecule has 1 unspecified atom stereocenters. The van der Waals surface area contributed by atoms with E-state index < -0.39 is 12.6 Å². The molecule has 0 N–H and O–H groups in total. The summed E-state index contributed by atoms with van der Waals surface area (Å²) in [5, 5.41) is 1.56. The van der Waals surface area contributed by atoms with E-state index in [1.807, 2.05) is 105 Å². The summed E-state index contributed by atoms with van der Waals surface area (Å²) >= 11 is 0. The Morgan fingerprint density at radius 1 is 0.727 bits per heavy atom. The minimum absolute atomic E-state index is 0.0204. The molecule has 0 fully saturated rings. The van der Waals surface area contributed by atoms with Crippen molar-refractivity contribution in [1.29, 1.82) is 0 Å². The fraction of sp³-hybridized carbons (Fsp3) is 0.138. The number of hydrogen-bond acceptors (Lipinski definition) is 2. The average Bonchev–Trinajstić information content (AvgIpc) is 3.06. The minimum Gasteiger partial charge on any atom is -0.314 e. The van der Waals surface area contributed by atoms with Crippen LogP contribution in [0.4, 0.5) is 5.69 Å². The highest BCUT2D eigenvalue weighted by Crippen LogP contribution is 2.55. The first kappa shape index (κ1) is 21.4. The van der Waals surface area contributed by atoms with Gasteiger partial charge in [0, 0.05) is 29.4 Å². The lowest BCUT2D eigenvalue weighted by molar-refractivity contribution is -0.121. The topological polar surface area (TPSA) is 37.4 Å². The van der Waals surface area contributed by atoms with Gasteiger partial charge < -0.3 is 9.46 Å². The van der Waals surface area contributed by atoms with Crippen LogP contribution >= 0.6 is 7.14 Å². The molecule has 4 aromatic carbocycles. The second-order valence-corrected chi connectivity index (χ2v) is 11.7. The largest absolute Gasteiger partial charge is 0.314 e. The van der Waals surface area contributed by atoms with Crippen LogP contribution in [0.3, 0.4) is 0 Å². The van der Waals surface area contributed by atoms with Gasteiger partial charge in [0.15, 0.2) is 0 Å². The first-order chi connectivity index (χ1) is 15.9. The minimum atomic E-state index is -3.09. The van der Waals surface area contributed by atoms with Gasteiger partial charge in [-0.2, -0.15) is 0 Å². The van der Waals surface area contributed by atoms with E-state index in [0.717, 1.165) is 33.0 Å². The van der Waals surface area contributed by atoms with Crippen molar-refractivity contribution in [2.45, 2.75) is 12.3 Å². The van der Waals surface area contributed by atoms with Crippen LogP contribution in [0, 0.1) is 0 Å². The van der Waals surface area contributed by atoms with E-state index >= 15 is 0 Å². The SMILES string of the molecule is CN1C(=O)C(C)(CP(=O)(c2ccccc2)c2ccccc2)c2cccc(-c3ccccc3)c21. The van der Waals surface area contributed by atoms with E-state index in [0.29, 0.717) is 0 Å². The summed E-state index contributed by atoms with van der Waals surface area (Å²) in [7, 11) is -1.26. The second-order valence-electron chi connectivity index (χ2n) is 8.83. The number of para-hydroxylation sites is 1. The number of hydrogen-bond donors (Lipinski definition) is 0. The lowest BCUT2D eigenvalue weighted by atomic mass is 9.84. The van der Waals surface area contributed by atoms with Gasteiger partial charge in [-0.25, -0.2) is 0 Å². The third kappa shape index (κ3) is 3.44. The Bertz CT molecular complexity index is 1310.